The summed E-state index contributed by atoms with van der Waals surface area (Å²) < 4.78 is 45.8. The van der Waals surface area contributed by atoms with Crippen LogP contribution in [0.4, 0.5) is 13.2 Å². The molecular weight excluding hydrogens is 381 g/mol. The van der Waals surface area contributed by atoms with Crippen molar-refractivity contribution < 1.29 is 23.0 Å². The molecule has 1 aromatic heterocycles. The number of hydrogen-bond donors (Lipinski definition) is 1. The Morgan fingerprint density at radius 2 is 1.78 bits per heavy atom. The third-order valence-electron chi connectivity index (χ3n) is 5.00. The second kappa shape index (κ2) is 6.63. The van der Waals surface area contributed by atoms with Crippen molar-refractivity contribution in [1.82, 2.24) is 9.97 Å². The van der Waals surface area contributed by atoms with E-state index < -0.39 is 22.6 Å². The molecule has 0 fully saturated rings. The van der Waals surface area contributed by atoms with Crippen LogP contribution in [0.3, 0.4) is 0 Å². The van der Waals surface area contributed by atoms with Crippen molar-refractivity contribution in [2.24, 2.45) is 0 Å². The predicted octanol–water partition coefficient (Wildman–Crippen LogP) is 4.28. The molecule has 3 rings (SSSR count). The third kappa shape index (κ3) is 3.38. The molecule has 1 aliphatic rings. The standard InChI is InChI=1S/C19H20ClF3N2O2/c1-17(2,16(20)18(3,26)19(21,22)23)13-10-12(15-24-6-4-7-25-15)9-11-5-8-27-14(11)13/h4,6-7,9-10,16,26H,5,8H2,1-3H3. The Hall–Kier alpha value is -1.86. The first-order chi connectivity index (χ1) is 12.5. The second-order valence-electron chi connectivity index (χ2n) is 7.41. The molecule has 0 saturated heterocycles. The average Bonchev–Trinajstić information content (AvgIpc) is 3.08. The second-order valence-corrected chi connectivity index (χ2v) is 7.85. The Morgan fingerprint density at radius 1 is 1.15 bits per heavy atom. The number of halogens is 4. The molecule has 2 aromatic rings. The van der Waals surface area contributed by atoms with Gasteiger partial charge in [0.2, 0.25) is 0 Å². The number of rotatable bonds is 4. The summed E-state index contributed by atoms with van der Waals surface area (Å²) >= 11 is 6.23. The van der Waals surface area contributed by atoms with Gasteiger partial charge in [-0.1, -0.05) is 13.8 Å². The minimum absolute atomic E-state index is 0.431. The van der Waals surface area contributed by atoms with E-state index in [1.807, 2.05) is 6.07 Å². The Kier molecular flexibility index (Phi) is 4.89. The number of aliphatic hydroxyl groups is 1. The van der Waals surface area contributed by atoms with E-state index in [-0.39, 0.29) is 0 Å². The van der Waals surface area contributed by atoms with E-state index in [0.717, 1.165) is 5.56 Å². The zero-order valence-electron chi connectivity index (χ0n) is 15.1. The summed E-state index contributed by atoms with van der Waals surface area (Å²) in [7, 11) is 0. The van der Waals surface area contributed by atoms with E-state index in [0.29, 0.717) is 42.7 Å². The van der Waals surface area contributed by atoms with Crippen molar-refractivity contribution in [3.63, 3.8) is 0 Å². The van der Waals surface area contributed by atoms with Crippen LogP contribution in [0.5, 0.6) is 5.75 Å². The van der Waals surface area contributed by atoms with Gasteiger partial charge in [0.25, 0.3) is 0 Å². The minimum atomic E-state index is -4.87. The van der Waals surface area contributed by atoms with Gasteiger partial charge in [0, 0.05) is 35.4 Å². The highest BCUT2D eigenvalue weighted by Crippen LogP contribution is 2.48. The molecule has 8 heteroatoms. The normalized spacial score (nSPS) is 17.8. The fourth-order valence-electron chi connectivity index (χ4n) is 3.35. The van der Waals surface area contributed by atoms with E-state index in [2.05, 4.69) is 9.97 Å². The SMILES string of the molecule is CC(C)(c1cc(-c2ncccn2)cc2c1OCC2)C(Cl)C(C)(O)C(F)(F)F. The van der Waals surface area contributed by atoms with Crippen LogP contribution in [0.1, 0.15) is 31.9 Å². The number of ether oxygens (including phenoxy) is 1. The van der Waals surface area contributed by atoms with Gasteiger partial charge < -0.3 is 9.84 Å². The maximum atomic E-state index is 13.4. The van der Waals surface area contributed by atoms with Gasteiger partial charge in [-0.3, -0.25) is 0 Å². The topological polar surface area (TPSA) is 55.2 Å². The van der Waals surface area contributed by atoms with Crippen molar-refractivity contribution in [3.05, 3.63) is 41.7 Å². The first-order valence-corrected chi connectivity index (χ1v) is 8.90. The molecule has 1 aromatic carbocycles. The van der Waals surface area contributed by atoms with Gasteiger partial charge in [0.05, 0.1) is 12.0 Å². The van der Waals surface area contributed by atoms with Crippen LogP contribution >= 0.6 is 11.6 Å². The fourth-order valence-corrected chi connectivity index (χ4v) is 3.59. The lowest BCUT2D eigenvalue weighted by Gasteiger charge is -2.41. The molecule has 27 heavy (non-hydrogen) atoms. The molecule has 1 N–H and O–H groups in total. The summed E-state index contributed by atoms with van der Waals surface area (Å²) in [5.74, 6) is 0.973. The molecule has 1 aliphatic heterocycles. The number of aromatic nitrogens is 2. The highest BCUT2D eigenvalue weighted by molar-refractivity contribution is 6.22. The lowest BCUT2D eigenvalue weighted by molar-refractivity contribution is -0.257. The third-order valence-corrected chi connectivity index (χ3v) is 5.97. The minimum Gasteiger partial charge on any atom is -0.493 e. The van der Waals surface area contributed by atoms with Crippen molar-refractivity contribution in [1.29, 1.82) is 0 Å². The van der Waals surface area contributed by atoms with Crippen LogP contribution < -0.4 is 4.74 Å². The van der Waals surface area contributed by atoms with Gasteiger partial charge in [0.15, 0.2) is 11.4 Å². The monoisotopic (exact) mass is 400 g/mol. The molecule has 0 bridgehead atoms. The first-order valence-electron chi connectivity index (χ1n) is 8.47. The maximum Gasteiger partial charge on any atom is 0.418 e. The Morgan fingerprint density at radius 3 is 2.37 bits per heavy atom. The molecular formula is C19H20ClF3N2O2. The van der Waals surface area contributed by atoms with E-state index >= 15 is 0 Å². The lowest BCUT2D eigenvalue weighted by Crippen LogP contribution is -2.56. The molecule has 4 nitrogen and oxygen atoms in total. The fraction of sp³-hybridized carbons (Fsp3) is 0.474. The first kappa shape index (κ1) is 19.9. The number of nitrogens with zero attached hydrogens (tertiary/aromatic N) is 2. The van der Waals surface area contributed by atoms with E-state index in [1.165, 1.54) is 0 Å². The summed E-state index contributed by atoms with van der Waals surface area (Å²) in [6.07, 6.45) is -1.06. The Bertz CT molecular complexity index is 839. The largest absolute Gasteiger partial charge is 0.493 e. The molecule has 2 atom stereocenters. The van der Waals surface area contributed by atoms with Crippen LogP contribution in [-0.4, -0.2) is 38.8 Å². The van der Waals surface area contributed by atoms with E-state index in [9.17, 15) is 18.3 Å². The maximum absolute atomic E-state index is 13.4. The van der Waals surface area contributed by atoms with Gasteiger partial charge in [0.1, 0.15) is 5.75 Å². The van der Waals surface area contributed by atoms with Gasteiger partial charge in [-0.15, -0.1) is 11.6 Å². The van der Waals surface area contributed by atoms with Crippen LogP contribution in [-0.2, 0) is 11.8 Å². The van der Waals surface area contributed by atoms with Crippen LogP contribution in [0.15, 0.2) is 30.6 Å². The number of fused-ring (bicyclic) bond motifs is 1. The predicted molar refractivity (Wildman–Crippen MR) is 96.0 cm³/mol. The molecule has 2 unspecified atom stereocenters. The van der Waals surface area contributed by atoms with Crippen LogP contribution in [0.2, 0.25) is 0 Å². The Labute approximate surface area is 160 Å². The van der Waals surface area contributed by atoms with Crippen molar-refractivity contribution in [3.8, 4) is 17.1 Å². The number of alkyl halides is 4. The van der Waals surface area contributed by atoms with Crippen LogP contribution in [0, 0.1) is 0 Å². The highest BCUT2D eigenvalue weighted by Gasteiger charge is 2.59. The number of hydrogen-bond acceptors (Lipinski definition) is 4. The van der Waals surface area contributed by atoms with Crippen molar-refractivity contribution in [2.75, 3.05) is 6.61 Å². The zero-order chi connectivity index (χ0) is 20.0. The molecule has 146 valence electrons. The summed E-state index contributed by atoms with van der Waals surface area (Å²) in [6, 6.07) is 5.25. The molecule has 2 heterocycles. The molecule has 0 amide bonds. The summed E-state index contributed by atoms with van der Waals surface area (Å²) in [5.41, 5.74) is -2.32. The summed E-state index contributed by atoms with van der Waals surface area (Å²) in [6.45, 7) is 4.26. The lowest BCUT2D eigenvalue weighted by atomic mass is 9.73. The summed E-state index contributed by atoms with van der Waals surface area (Å²) in [4.78, 5) is 8.43. The van der Waals surface area contributed by atoms with Crippen LogP contribution in [0.25, 0.3) is 11.4 Å². The molecule has 0 aliphatic carbocycles. The molecule has 0 radical (unpaired) electrons. The number of benzene rings is 1. The van der Waals surface area contributed by atoms with Crippen molar-refractivity contribution >= 4 is 11.6 Å². The Balaban J connectivity index is 2.14. The van der Waals surface area contributed by atoms with E-state index in [4.69, 9.17) is 16.3 Å². The molecule has 0 spiro atoms. The van der Waals surface area contributed by atoms with Gasteiger partial charge in [-0.25, -0.2) is 9.97 Å². The highest BCUT2D eigenvalue weighted by atomic mass is 35.5. The quantitative estimate of drug-likeness (QED) is 0.778. The summed E-state index contributed by atoms with van der Waals surface area (Å²) in [5, 5.41) is 8.48. The molecule has 0 saturated carbocycles. The average molecular weight is 401 g/mol. The van der Waals surface area contributed by atoms with Gasteiger partial charge >= 0.3 is 6.18 Å². The van der Waals surface area contributed by atoms with Gasteiger partial charge in [-0.2, -0.15) is 13.2 Å². The van der Waals surface area contributed by atoms with Crippen molar-refractivity contribution in [2.45, 2.75) is 49.8 Å². The smallest absolute Gasteiger partial charge is 0.418 e. The van der Waals surface area contributed by atoms with Gasteiger partial charge in [-0.05, 0) is 30.7 Å². The zero-order valence-corrected chi connectivity index (χ0v) is 15.9. The van der Waals surface area contributed by atoms with E-state index in [1.54, 1.807) is 38.4 Å².